The molecule has 0 aromatic rings. The van der Waals surface area contributed by atoms with Crippen LogP contribution in [-0.2, 0) is 4.79 Å². The highest BCUT2D eigenvalue weighted by molar-refractivity contribution is 5.87. The highest BCUT2D eigenvalue weighted by Gasteiger charge is 2.56. The average molecular weight is 315 g/mol. The Bertz CT molecular complexity index is 689. The minimum Gasteiger partial charge on any atom is -0.502 e. The summed E-state index contributed by atoms with van der Waals surface area (Å²) in [6.07, 6.45) is 9.59. The van der Waals surface area contributed by atoms with Gasteiger partial charge in [-0.2, -0.15) is 0 Å². The Morgan fingerprint density at radius 2 is 2.13 bits per heavy atom. The van der Waals surface area contributed by atoms with Crippen LogP contribution >= 0.6 is 0 Å². The highest BCUT2D eigenvalue weighted by atomic mass is 16.6. The molecule has 0 spiro atoms. The van der Waals surface area contributed by atoms with Gasteiger partial charge in [0, 0.05) is 23.3 Å². The van der Waals surface area contributed by atoms with E-state index in [1.165, 1.54) is 6.08 Å². The number of fused-ring (bicyclic) bond motifs is 5. The van der Waals surface area contributed by atoms with E-state index < -0.39 is 4.92 Å². The van der Waals surface area contributed by atoms with Gasteiger partial charge in [-0.3, -0.25) is 14.9 Å². The molecule has 5 atom stereocenters. The number of Topliss-reactive ketones (excluding diaryl/α,β-unsaturated/α-hetero) is 1. The van der Waals surface area contributed by atoms with Gasteiger partial charge in [0.05, 0.1) is 4.92 Å². The van der Waals surface area contributed by atoms with Crippen LogP contribution in [0.3, 0.4) is 0 Å². The van der Waals surface area contributed by atoms with E-state index in [2.05, 4.69) is 6.92 Å². The Balaban J connectivity index is 1.72. The lowest BCUT2D eigenvalue weighted by Gasteiger charge is -2.49. The van der Waals surface area contributed by atoms with Crippen LogP contribution in [0.25, 0.3) is 0 Å². The van der Waals surface area contributed by atoms with Gasteiger partial charge in [0.15, 0.2) is 5.76 Å². The van der Waals surface area contributed by atoms with Crippen molar-refractivity contribution in [1.29, 1.82) is 0 Å². The number of allylic oxidation sites excluding steroid dienone is 4. The predicted octanol–water partition coefficient (Wildman–Crippen LogP) is 3.56. The zero-order valence-corrected chi connectivity index (χ0v) is 13.2. The van der Waals surface area contributed by atoms with Gasteiger partial charge in [-0.1, -0.05) is 19.1 Å². The number of hydrogen-bond acceptors (Lipinski definition) is 4. The van der Waals surface area contributed by atoms with E-state index in [0.717, 1.165) is 25.7 Å². The topological polar surface area (TPSA) is 80.4 Å². The van der Waals surface area contributed by atoms with Crippen LogP contribution in [0.1, 0.15) is 39.0 Å². The summed E-state index contributed by atoms with van der Waals surface area (Å²) >= 11 is 0. The summed E-state index contributed by atoms with van der Waals surface area (Å²) in [6, 6.07) is 0. The van der Waals surface area contributed by atoms with Crippen LogP contribution in [-0.4, -0.2) is 15.8 Å². The number of rotatable bonds is 1. The lowest BCUT2D eigenvalue weighted by Crippen LogP contribution is -2.45. The van der Waals surface area contributed by atoms with E-state index in [-0.39, 0.29) is 22.8 Å². The Hall–Kier alpha value is -1.91. The molecule has 122 valence electrons. The van der Waals surface area contributed by atoms with Crippen molar-refractivity contribution in [2.75, 3.05) is 0 Å². The fraction of sp³-hybridized carbons (Fsp3) is 0.611. The largest absolute Gasteiger partial charge is 0.502 e. The van der Waals surface area contributed by atoms with Crippen LogP contribution in [0.4, 0.5) is 0 Å². The molecule has 4 aliphatic carbocycles. The predicted molar refractivity (Wildman–Crippen MR) is 84.0 cm³/mol. The third kappa shape index (κ3) is 1.88. The maximum Gasteiger partial charge on any atom is 0.314 e. The SMILES string of the molecule is C[C@]12CC[C@H]3[C@@H](CC=C4C([N+](=O)[O-])=C(O)C=C[C@@H]43)[C@@H]1CCC2=O. The molecular weight excluding hydrogens is 294 g/mol. The smallest absolute Gasteiger partial charge is 0.314 e. The fourth-order valence-corrected chi connectivity index (χ4v) is 5.62. The summed E-state index contributed by atoms with van der Waals surface area (Å²) in [5.41, 5.74) is 0.352. The summed E-state index contributed by atoms with van der Waals surface area (Å²) in [6.45, 7) is 2.12. The number of carbonyl (C=O) groups excluding carboxylic acids is 1. The average Bonchev–Trinajstić information content (AvgIpc) is 2.82. The van der Waals surface area contributed by atoms with Crippen molar-refractivity contribution in [2.45, 2.75) is 39.0 Å². The lowest BCUT2D eigenvalue weighted by molar-refractivity contribution is -0.424. The maximum absolute atomic E-state index is 12.3. The number of ketones is 1. The van der Waals surface area contributed by atoms with Crippen molar-refractivity contribution in [3.63, 3.8) is 0 Å². The summed E-state index contributed by atoms with van der Waals surface area (Å²) in [4.78, 5) is 23.2. The van der Waals surface area contributed by atoms with E-state index in [1.807, 2.05) is 12.2 Å². The molecule has 23 heavy (non-hydrogen) atoms. The van der Waals surface area contributed by atoms with Crippen molar-refractivity contribution < 1.29 is 14.8 Å². The summed E-state index contributed by atoms with van der Waals surface area (Å²) < 4.78 is 0. The second kappa shape index (κ2) is 4.79. The normalized spacial score (nSPS) is 42.0. The van der Waals surface area contributed by atoms with Gasteiger partial charge in [-0.15, -0.1) is 0 Å². The molecule has 0 amide bonds. The van der Waals surface area contributed by atoms with Crippen molar-refractivity contribution in [3.05, 3.63) is 45.4 Å². The molecule has 0 radical (unpaired) electrons. The Labute approximate surface area is 134 Å². The molecule has 2 fully saturated rings. The van der Waals surface area contributed by atoms with E-state index >= 15 is 0 Å². The zero-order chi connectivity index (χ0) is 16.4. The van der Waals surface area contributed by atoms with Gasteiger partial charge < -0.3 is 5.11 Å². The van der Waals surface area contributed by atoms with Gasteiger partial charge in [0.1, 0.15) is 5.78 Å². The molecule has 5 heteroatoms. The van der Waals surface area contributed by atoms with Gasteiger partial charge in [0.25, 0.3) is 0 Å². The van der Waals surface area contributed by atoms with E-state index in [4.69, 9.17) is 0 Å². The molecule has 0 heterocycles. The fourth-order valence-electron chi connectivity index (χ4n) is 5.62. The maximum atomic E-state index is 12.3. The number of hydrogen-bond donors (Lipinski definition) is 1. The Kier molecular flexibility index (Phi) is 3.06. The second-order valence-electron chi connectivity index (χ2n) is 7.62. The first kappa shape index (κ1) is 14.7. The molecule has 0 aromatic carbocycles. The molecule has 2 saturated carbocycles. The molecular formula is C18H21NO4. The van der Waals surface area contributed by atoms with Crippen LogP contribution in [0.15, 0.2) is 35.3 Å². The molecule has 0 aliphatic heterocycles. The second-order valence-corrected chi connectivity index (χ2v) is 7.62. The van der Waals surface area contributed by atoms with Gasteiger partial charge in [-0.25, -0.2) is 0 Å². The van der Waals surface area contributed by atoms with Gasteiger partial charge in [0.2, 0.25) is 0 Å². The molecule has 4 aliphatic rings. The summed E-state index contributed by atoms with van der Waals surface area (Å²) in [7, 11) is 0. The van der Waals surface area contributed by atoms with Gasteiger partial charge in [-0.05, 0) is 49.5 Å². The number of nitrogens with zero attached hydrogens (tertiary/aromatic N) is 1. The van der Waals surface area contributed by atoms with Crippen molar-refractivity contribution >= 4 is 5.78 Å². The van der Waals surface area contributed by atoms with Crippen molar-refractivity contribution in [3.8, 4) is 0 Å². The summed E-state index contributed by atoms with van der Waals surface area (Å²) in [5, 5.41) is 21.2. The number of aliphatic hydroxyl groups is 1. The van der Waals surface area contributed by atoms with Crippen LogP contribution in [0, 0.1) is 39.2 Å². The Morgan fingerprint density at radius 1 is 1.35 bits per heavy atom. The van der Waals surface area contributed by atoms with E-state index in [1.54, 1.807) is 0 Å². The van der Waals surface area contributed by atoms with E-state index in [0.29, 0.717) is 35.5 Å². The van der Waals surface area contributed by atoms with Crippen LogP contribution in [0.2, 0.25) is 0 Å². The zero-order valence-electron chi connectivity index (χ0n) is 13.2. The minimum absolute atomic E-state index is 0.00491. The number of carbonyl (C=O) groups is 1. The molecule has 4 rings (SSSR count). The third-order valence-electron chi connectivity index (χ3n) is 6.79. The first-order chi connectivity index (χ1) is 10.9. The number of aliphatic hydroxyl groups excluding tert-OH is 1. The molecule has 0 aromatic heterocycles. The van der Waals surface area contributed by atoms with Crippen LogP contribution in [0.5, 0.6) is 0 Å². The standard InChI is InChI=1S/C18H21NO4/c1-18-9-8-11-10-4-6-15(20)17(19(22)23)13(10)3-2-12(11)14(18)5-7-16(18)21/h3-4,6,10-12,14,20H,2,5,7-9H2,1H3/t10-,11-,12-,14+,18+/m1/s1. The Morgan fingerprint density at radius 3 is 2.87 bits per heavy atom. The minimum atomic E-state index is -0.468. The number of nitro groups is 1. The van der Waals surface area contributed by atoms with Gasteiger partial charge >= 0.3 is 5.70 Å². The van der Waals surface area contributed by atoms with Crippen LogP contribution < -0.4 is 0 Å². The first-order valence-electron chi connectivity index (χ1n) is 8.43. The van der Waals surface area contributed by atoms with E-state index in [9.17, 15) is 20.0 Å². The lowest BCUT2D eigenvalue weighted by atomic mass is 9.54. The molecule has 0 bridgehead atoms. The third-order valence-corrected chi connectivity index (χ3v) is 6.79. The molecule has 0 unspecified atom stereocenters. The molecule has 0 saturated heterocycles. The molecule has 1 N–H and O–H groups in total. The summed E-state index contributed by atoms with van der Waals surface area (Å²) in [5.74, 6) is 1.33. The van der Waals surface area contributed by atoms with Crippen molar-refractivity contribution in [1.82, 2.24) is 0 Å². The monoisotopic (exact) mass is 315 g/mol. The van der Waals surface area contributed by atoms with Crippen molar-refractivity contribution in [2.24, 2.45) is 29.1 Å². The first-order valence-corrected chi connectivity index (χ1v) is 8.43. The highest BCUT2D eigenvalue weighted by Crippen LogP contribution is 2.59. The quantitative estimate of drug-likeness (QED) is 0.592. The molecule has 5 nitrogen and oxygen atoms in total.